The van der Waals surface area contributed by atoms with Gasteiger partial charge in [-0.25, -0.2) is 27.7 Å². The van der Waals surface area contributed by atoms with E-state index in [1.54, 1.807) is 16.0 Å². The number of aliphatic hydroxyl groups excluding tert-OH is 1. The molecule has 0 radical (unpaired) electrons. The first-order valence-electron chi connectivity index (χ1n) is 17.8. The fourth-order valence-electron chi connectivity index (χ4n) is 8.27. The Morgan fingerprint density at radius 1 is 1.06 bits per heavy atom. The number of ether oxygens (including phenoxy) is 1. The van der Waals surface area contributed by atoms with E-state index in [0.29, 0.717) is 57.8 Å². The van der Waals surface area contributed by atoms with Crippen molar-refractivity contribution in [2.45, 2.75) is 77.4 Å². The number of urea groups is 1. The van der Waals surface area contributed by atoms with E-state index in [1.165, 1.54) is 0 Å². The van der Waals surface area contributed by atoms with E-state index in [1.807, 2.05) is 55.7 Å². The molecule has 3 aromatic rings. The molecule has 3 aliphatic heterocycles. The number of carboxylic acid groups (broad SMARTS) is 1. The molecule has 4 heterocycles. The lowest BCUT2D eigenvalue weighted by molar-refractivity contribution is 0.00692. The van der Waals surface area contributed by atoms with Crippen LogP contribution >= 0.6 is 0 Å². The van der Waals surface area contributed by atoms with Gasteiger partial charge in [0.1, 0.15) is 23.6 Å². The lowest BCUT2D eigenvalue weighted by atomic mass is 9.78. The molecular weight excluding hydrogens is 663 g/mol. The number of nitrogens with zero attached hydrogens (tertiary/aromatic N) is 5. The quantitative estimate of drug-likeness (QED) is 0.273. The van der Waals surface area contributed by atoms with Crippen LogP contribution in [0.5, 0.6) is 0 Å². The Morgan fingerprint density at radius 3 is 2.45 bits per heavy atom. The second kappa shape index (κ2) is 15.2. The lowest BCUT2D eigenvalue weighted by Crippen LogP contribution is -2.55. The van der Waals surface area contributed by atoms with Crippen molar-refractivity contribution in [1.82, 2.24) is 24.3 Å². The number of β-amino-alcohol motifs (C(OH)–C–C–N with tert-alkyl or cyclic N) is 1. The molecule has 51 heavy (non-hydrogen) atoms. The molecule has 3 saturated heterocycles. The highest BCUT2D eigenvalue weighted by atomic mass is 19.1. The van der Waals surface area contributed by atoms with Gasteiger partial charge >= 0.3 is 12.1 Å². The van der Waals surface area contributed by atoms with Crippen molar-refractivity contribution in [2.75, 3.05) is 39.4 Å². The highest BCUT2D eigenvalue weighted by Gasteiger charge is 2.52. The van der Waals surface area contributed by atoms with Crippen molar-refractivity contribution >= 4 is 12.1 Å². The minimum absolute atomic E-state index is 0.0321. The summed E-state index contributed by atoms with van der Waals surface area (Å²) >= 11 is 0. The predicted molar refractivity (Wildman–Crippen MR) is 185 cm³/mol. The van der Waals surface area contributed by atoms with Gasteiger partial charge in [0.2, 0.25) is 0 Å². The van der Waals surface area contributed by atoms with E-state index in [2.05, 4.69) is 0 Å². The number of aromatic nitrogens is 2. The summed E-state index contributed by atoms with van der Waals surface area (Å²) < 4.78 is 53.7. The summed E-state index contributed by atoms with van der Waals surface area (Å²) in [6.07, 6.45) is 0.393. The van der Waals surface area contributed by atoms with Gasteiger partial charge in [0.15, 0.2) is 0 Å². The average Bonchev–Trinajstić information content (AvgIpc) is 3.66. The highest BCUT2D eigenvalue weighted by Crippen LogP contribution is 2.43. The van der Waals surface area contributed by atoms with Crippen LogP contribution in [-0.2, 0) is 11.3 Å². The second-order valence-electron chi connectivity index (χ2n) is 15.2. The number of benzene rings is 2. The summed E-state index contributed by atoms with van der Waals surface area (Å²) in [6, 6.07) is 10.8. The van der Waals surface area contributed by atoms with Crippen molar-refractivity contribution < 1.29 is 37.7 Å². The Labute approximate surface area is 296 Å². The number of hydrogen-bond donors (Lipinski definition) is 2. The molecular formula is C38H48F3N5O5. The molecule has 0 spiro atoms. The molecule has 1 aromatic heterocycles. The van der Waals surface area contributed by atoms with Crippen LogP contribution < -0.4 is 0 Å². The molecule has 10 nitrogen and oxygen atoms in total. The number of halogens is 3. The Morgan fingerprint density at radius 2 is 1.78 bits per heavy atom. The zero-order valence-corrected chi connectivity index (χ0v) is 29.4. The third-order valence-corrected chi connectivity index (χ3v) is 10.6. The van der Waals surface area contributed by atoms with Crippen LogP contribution in [0.2, 0.25) is 0 Å². The Balaban J connectivity index is 1.53. The number of aliphatic hydroxyl groups is 1. The van der Waals surface area contributed by atoms with E-state index in [9.17, 15) is 24.2 Å². The Bertz CT molecular complexity index is 1680. The minimum Gasteiger partial charge on any atom is -0.465 e. The van der Waals surface area contributed by atoms with Crippen LogP contribution in [0.15, 0.2) is 54.7 Å². The third-order valence-electron chi connectivity index (χ3n) is 10.6. The molecule has 276 valence electrons. The van der Waals surface area contributed by atoms with Gasteiger partial charge in [-0.05, 0) is 60.8 Å². The minimum atomic E-state index is -1.55. The van der Waals surface area contributed by atoms with Crippen LogP contribution in [0.25, 0.3) is 11.3 Å². The summed E-state index contributed by atoms with van der Waals surface area (Å²) in [7, 11) is 0. The van der Waals surface area contributed by atoms with Crippen LogP contribution in [0.1, 0.15) is 63.9 Å². The molecule has 5 atom stereocenters. The number of hydrogen-bond acceptors (Lipinski definition) is 5. The van der Waals surface area contributed by atoms with Gasteiger partial charge in [-0.1, -0.05) is 51.1 Å². The number of alkyl halides is 1. The standard InChI is InChI=1S/C38H48F3N5O5/c1-38(2,3)34-29(31(41)22-46(34)37(49)50)21-45(36(48)43-15-7-10-27(47)20-43)33(25-13-16-51-17-14-25)35-42-32(28-18-26(39)11-12-30(28)40)23-44(35)19-24-8-5-4-6-9-24/h4-6,8-9,11-12,18,23,25,27,29,31,33-34,47H,7,10,13-17,19-22H2,1-3H3,(H,49,50)/t27?,29-,31-,33+,34?/m0/s1. The fourth-order valence-corrected chi connectivity index (χ4v) is 8.27. The topological polar surface area (TPSA) is 111 Å². The highest BCUT2D eigenvalue weighted by molar-refractivity contribution is 5.75. The van der Waals surface area contributed by atoms with Gasteiger partial charge < -0.3 is 34.2 Å². The molecule has 0 bridgehead atoms. The first-order valence-corrected chi connectivity index (χ1v) is 17.8. The molecule has 2 N–H and O–H groups in total. The molecule has 13 heteroatoms. The summed E-state index contributed by atoms with van der Waals surface area (Å²) in [5.74, 6) is -1.95. The Hall–Kier alpha value is -4.10. The van der Waals surface area contributed by atoms with E-state index in [-0.39, 0.29) is 36.8 Å². The number of amides is 3. The summed E-state index contributed by atoms with van der Waals surface area (Å²) in [6.45, 7) is 6.79. The molecule has 2 unspecified atom stereocenters. The third kappa shape index (κ3) is 8.04. The lowest BCUT2D eigenvalue weighted by Gasteiger charge is -2.45. The maximum Gasteiger partial charge on any atom is 0.407 e. The maximum absolute atomic E-state index is 16.3. The maximum atomic E-state index is 16.3. The van der Waals surface area contributed by atoms with E-state index in [0.717, 1.165) is 28.7 Å². The van der Waals surface area contributed by atoms with E-state index < -0.39 is 59.5 Å². The predicted octanol–water partition coefficient (Wildman–Crippen LogP) is 6.59. The van der Waals surface area contributed by atoms with Crippen molar-refractivity contribution in [1.29, 1.82) is 0 Å². The molecule has 6 rings (SSSR count). The summed E-state index contributed by atoms with van der Waals surface area (Å²) in [5, 5.41) is 20.8. The molecule has 2 aromatic carbocycles. The average molecular weight is 712 g/mol. The monoisotopic (exact) mass is 711 g/mol. The number of imidazole rings is 1. The second-order valence-corrected chi connectivity index (χ2v) is 15.2. The number of rotatable bonds is 8. The van der Waals surface area contributed by atoms with Crippen molar-refractivity contribution in [3.63, 3.8) is 0 Å². The van der Waals surface area contributed by atoms with Gasteiger partial charge in [0, 0.05) is 63.1 Å². The van der Waals surface area contributed by atoms with E-state index >= 15 is 8.78 Å². The van der Waals surface area contributed by atoms with Crippen LogP contribution in [0.3, 0.4) is 0 Å². The SMILES string of the molecule is CC(C)(C)C1[C@@H](CN(C(=O)N2CCCC(O)C2)[C@@H](c2nc(-c3cc(F)ccc3F)cn2Cc2ccccc2)C2CCOCC2)[C@@H](F)CN1C(=O)O. The normalized spacial score (nSPS) is 23.7. The largest absolute Gasteiger partial charge is 0.465 e. The first kappa shape index (κ1) is 36.7. The smallest absolute Gasteiger partial charge is 0.407 e. The number of likely N-dealkylation sites (tertiary alicyclic amines) is 2. The van der Waals surface area contributed by atoms with Crippen molar-refractivity contribution in [3.05, 3.63) is 77.8 Å². The number of carbonyl (C=O) groups is 2. The summed E-state index contributed by atoms with van der Waals surface area (Å²) in [4.78, 5) is 36.7. The fraction of sp³-hybridized carbons (Fsp3) is 0.553. The molecule has 0 saturated carbocycles. The van der Waals surface area contributed by atoms with Crippen molar-refractivity contribution in [3.8, 4) is 11.3 Å². The van der Waals surface area contributed by atoms with Gasteiger partial charge in [0.05, 0.1) is 24.4 Å². The van der Waals surface area contributed by atoms with Gasteiger partial charge in [-0.2, -0.15) is 0 Å². The van der Waals surface area contributed by atoms with Gasteiger partial charge in [-0.3, -0.25) is 0 Å². The van der Waals surface area contributed by atoms with Gasteiger partial charge in [0.25, 0.3) is 0 Å². The zero-order chi connectivity index (χ0) is 36.4. The summed E-state index contributed by atoms with van der Waals surface area (Å²) in [5.41, 5.74) is 0.400. The molecule has 3 aliphatic rings. The first-order chi connectivity index (χ1) is 24.3. The van der Waals surface area contributed by atoms with Crippen molar-refractivity contribution in [2.24, 2.45) is 17.3 Å². The Kier molecular flexibility index (Phi) is 11.0. The molecule has 3 fully saturated rings. The van der Waals surface area contributed by atoms with Gasteiger partial charge in [-0.15, -0.1) is 0 Å². The molecule has 3 amide bonds. The van der Waals surface area contributed by atoms with Crippen LogP contribution in [-0.4, -0.2) is 104 Å². The van der Waals surface area contributed by atoms with E-state index in [4.69, 9.17) is 9.72 Å². The molecule has 0 aliphatic carbocycles. The number of carbonyl (C=O) groups excluding carboxylic acids is 1. The van der Waals surface area contributed by atoms with Crippen LogP contribution in [0, 0.1) is 28.9 Å². The zero-order valence-electron chi connectivity index (χ0n) is 29.4. The van der Waals surface area contributed by atoms with Crippen LogP contribution in [0.4, 0.5) is 22.8 Å². The number of piperidine rings is 1.